The first-order valence-electron chi connectivity index (χ1n) is 8.99. The Morgan fingerprint density at radius 2 is 2.04 bits per heavy atom. The van der Waals surface area contributed by atoms with E-state index < -0.39 is 5.92 Å². The summed E-state index contributed by atoms with van der Waals surface area (Å²) in [6, 6.07) is 13.9. The summed E-state index contributed by atoms with van der Waals surface area (Å²) in [5, 5.41) is 0.468. The van der Waals surface area contributed by atoms with Crippen LogP contribution in [0.2, 0.25) is 5.02 Å². The molecule has 2 aliphatic rings. The van der Waals surface area contributed by atoms with Crippen molar-refractivity contribution in [2.45, 2.75) is 24.9 Å². The fourth-order valence-electron chi connectivity index (χ4n) is 3.53. The molecule has 4 rings (SSSR count). The Morgan fingerprint density at radius 1 is 1.19 bits per heavy atom. The topological polar surface area (TPSA) is 59.0 Å². The van der Waals surface area contributed by atoms with Gasteiger partial charge in [0.15, 0.2) is 0 Å². The number of ether oxygens (including phenoxy) is 1. The maximum Gasteiger partial charge on any atom is 0.265 e. The molecular formula is C21H19ClN2O3. The Kier molecular flexibility index (Phi) is 5.05. The lowest BCUT2D eigenvalue weighted by molar-refractivity contribution is -0.118. The van der Waals surface area contributed by atoms with Gasteiger partial charge >= 0.3 is 0 Å². The minimum Gasteiger partial charge on any atom is -0.376 e. The van der Waals surface area contributed by atoms with Gasteiger partial charge in [0.2, 0.25) is 5.91 Å². The van der Waals surface area contributed by atoms with Crippen LogP contribution in [-0.2, 0) is 9.53 Å². The highest BCUT2D eigenvalue weighted by Crippen LogP contribution is 2.32. The maximum atomic E-state index is 13.2. The minimum atomic E-state index is -0.612. The van der Waals surface area contributed by atoms with Crippen LogP contribution in [0.5, 0.6) is 0 Å². The summed E-state index contributed by atoms with van der Waals surface area (Å²) in [6.45, 7) is 1.29. The van der Waals surface area contributed by atoms with E-state index in [1.165, 1.54) is 4.90 Å². The van der Waals surface area contributed by atoms with Crippen molar-refractivity contribution in [2.24, 2.45) is 4.99 Å². The van der Waals surface area contributed by atoms with Gasteiger partial charge in [0, 0.05) is 23.4 Å². The molecule has 2 heterocycles. The number of hydrogen-bond donors (Lipinski definition) is 0. The second kappa shape index (κ2) is 7.62. The van der Waals surface area contributed by atoms with E-state index >= 15 is 0 Å². The molecule has 2 amide bonds. The summed E-state index contributed by atoms with van der Waals surface area (Å²) in [4.78, 5) is 31.8. The number of amides is 2. The number of benzene rings is 2. The predicted molar refractivity (Wildman–Crippen MR) is 105 cm³/mol. The summed E-state index contributed by atoms with van der Waals surface area (Å²) < 4.78 is 5.58. The molecule has 2 aromatic carbocycles. The molecule has 2 atom stereocenters. The largest absolute Gasteiger partial charge is 0.376 e. The zero-order valence-corrected chi connectivity index (χ0v) is 15.4. The molecule has 0 bridgehead atoms. The number of aliphatic imine (C=N–C) groups is 1. The van der Waals surface area contributed by atoms with E-state index in [0.29, 0.717) is 28.4 Å². The van der Waals surface area contributed by atoms with E-state index in [1.54, 1.807) is 42.6 Å². The monoisotopic (exact) mass is 382 g/mol. The van der Waals surface area contributed by atoms with Crippen molar-refractivity contribution in [3.63, 3.8) is 0 Å². The van der Waals surface area contributed by atoms with Gasteiger partial charge in [-0.1, -0.05) is 35.9 Å². The van der Waals surface area contributed by atoms with Gasteiger partial charge in [-0.15, -0.1) is 0 Å². The Bertz CT molecular complexity index is 906. The van der Waals surface area contributed by atoms with Gasteiger partial charge < -0.3 is 4.74 Å². The number of carbonyl (C=O) groups excluding carboxylic acids is 2. The summed E-state index contributed by atoms with van der Waals surface area (Å²) in [5.41, 5.74) is 1.65. The summed E-state index contributed by atoms with van der Waals surface area (Å²) in [7, 11) is 0. The Hall–Kier alpha value is -2.50. The number of anilines is 1. The molecule has 1 saturated heterocycles. The molecule has 0 aliphatic carbocycles. The van der Waals surface area contributed by atoms with E-state index in [1.807, 2.05) is 12.1 Å². The number of nitrogens with zero attached hydrogens (tertiary/aromatic N) is 2. The third-order valence-corrected chi connectivity index (χ3v) is 5.10. The predicted octanol–water partition coefficient (Wildman–Crippen LogP) is 3.86. The van der Waals surface area contributed by atoms with Crippen molar-refractivity contribution in [1.29, 1.82) is 0 Å². The van der Waals surface area contributed by atoms with E-state index in [9.17, 15) is 9.59 Å². The molecule has 2 aliphatic heterocycles. The van der Waals surface area contributed by atoms with Crippen molar-refractivity contribution in [1.82, 2.24) is 0 Å². The summed E-state index contributed by atoms with van der Waals surface area (Å²) >= 11 is 6.06. The van der Waals surface area contributed by atoms with Crippen molar-refractivity contribution < 1.29 is 14.3 Å². The van der Waals surface area contributed by atoms with Crippen LogP contribution in [0.15, 0.2) is 53.5 Å². The zero-order valence-electron chi connectivity index (χ0n) is 14.7. The SMILES string of the molecule is O=C1c2ccccc2[C@@H](C=NC[C@H]2CCCO2)C(=O)N1c1cccc(Cl)c1. The van der Waals surface area contributed by atoms with Crippen LogP contribution >= 0.6 is 11.6 Å². The molecule has 0 aromatic heterocycles. The molecule has 138 valence electrons. The Balaban J connectivity index is 1.68. The van der Waals surface area contributed by atoms with Crippen molar-refractivity contribution >= 4 is 35.3 Å². The maximum absolute atomic E-state index is 13.2. The quantitative estimate of drug-likeness (QED) is 0.596. The summed E-state index contributed by atoms with van der Waals surface area (Å²) in [6.07, 6.45) is 3.79. The molecule has 1 fully saturated rings. The first kappa shape index (κ1) is 17.9. The molecule has 0 spiro atoms. The van der Waals surface area contributed by atoms with Gasteiger partial charge in [0.1, 0.15) is 0 Å². The Labute approximate surface area is 162 Å². The first-order valence-corrected chi connectivity index (χ1v) is 9.37. The van der Waals surface area contributed by atoms with E-state index in [0.717, 1.165) is 19.4 Å². The second-order valence-corrected chi connectivity index (χ2v) is 7.11. The van der Waals surface area contributed by atoms with Crippen molar-refractivity contribution in [3.8, 4) is 0 Å². The molecule has 0 saturated carbocycles. The first-order chi connectivity index (χ1) is 13.1. The third-order valence-electron chi connectivity index (χ3n) is 4.87. The van der Waals surface area contributed by atoms with Crippen LogP contribution < -0.4 is 4.90 Å². The van der Waals surface area contributed by atoms with Gasteiger partial charge in [-0.2, -0.15) is 0 Å². The number of carbonyl (C=O) groups is 2. The highest BCUT2D eigenvalue weighted by molar-refractivity contribution is 6.32. The summed E-state index contributed by atoms with van der Waals surface area (Å²) in [5.74, 6) is -1.28. The number of rotatable bonds is 4. The molecule has 0 unspecified atom stereocenters. The number of halogens is 1. The molecule has 0 N–H and O–H groups in total. The standard InChI is InChI=1S/C21H19ClN2O3/c22-14-5-3-6-15(11-14)24-20(25)18-9-2-1-8-17(18)19(21(24)26)13-23-12-16-7-4-10-27-16/h1-3,5-6,8-9,11,13,16,19H,4,7,10,12H2/t16-,19-/m1/s1. The van der Waals surface area contributed by atoms with Crippen LogP contribution in [-0.4, -0.2) is 37.3 Å². The van der Waals surface area contributed by atoms with Crippen LogP contribution in [0.3, 0.4) is 0 Å². The van der Waals surface area contributed by atoms with Gasteiger partial charge in [-0.25, -0.2) is 4.90 Å². The average molecular weight is 383 g/mol. The highest BCUT2D eigenvalue weighted by Gasteiger charge is 2.38. The molecular weight excluding hydrogens is 364 g/mol. The fraction of sp³-hybridized carbons (Fsp3) is 0.286. The van der Waals surface area contributed by atoms with Gasteiger partial charge in [-0.3, -0.25) is 14.6 Å². The molecule has 2 aromatic rings. The number of imide groups is 1. The van der Waals surface area contributed by atoms with Crippen LogP contribution in [0.25, 0.3) is 0 Å². The van der Waals surface area contributed by atoms with Crippen molar-refractivity contribution in [2.75, 3.05) is 18.1 Å². The van der Waals surface area contributed by atoms with Crippen LogP contribution in [0.4, 0.5) is 5.69 Å². The fourth-order valence-corrected chi connectivity index (χ4v) is 3.72. The van der Waals surface area contributed by atoms with E-state index in [4.69, 9.17) is 16.3 Å². The molecule has 0 radical (unpaired) electrons. The minimum absolute atomic E-state index is 0.112. The average Bonchev–Trinajstić information content (AvgIpc) is 3.18. The third kappa shape index (κ3) is 3.53. The van der Waals surface area contributed by atoms with Gasteiger partial charge in [0.25, 0.3) is 5.91 Å². The molecule has 5 nitrogen and oxygen atoms in total. The van der Waals surface area contributed by atoms with Crippen LogP contribution in [0, 0.1) is 0 Å². The number of hydrogen-bond acceptors (Lipinski definition) is 4. The van der Waals surface area contributed by atoms with E-state index in [-0.39, 0.29) is 17.9 Å². The zero-order chi connectivity index (χ0) is 18.8. The lowest BCUT2D eigenvalue weighted by Gasteiger charge is -2.31. The second-order valence-electron chi connectivity index (χ2n) is 6.67. The smallest absolute Gasteiger partial charge is 0.265 e. The number of fused-ring (bicyclic) bond motifs is 1. The lowest BCUT2D eigenvalue weighted by Crippen LogP contribution is -2.45. The van der Waals surface area contributed by atoms with E-state index in [2.05, 4.69) is 4.99 Å². The normalized spacial score (nSPS) is 22.5. The molecule has 27 heavy (non-hydrogen) atoms. The van der Waals surface area contributed by atoms with Crippen molar-refractivity contribution in [3.05, 3.63) is 64.7 Å². The Morgan fingerprint density at radius 3 is 2.81 bits per heavy atom. The highest BCUT2D eigenvalue weighted by atomic mass is 35.5. The molecule has 6 heteroatoms. The van der Waals surface area contributed by atoms with Gasteiger partial charge in [-0.05, 0) is 42.7 Å². The lowest BCUT2D eigenvalue weighted by atomic mass is 9.89. The van der Waals surface area contributed by atoms with Crippen LogP contribution in [0.1, 0.15) is 34.7 Å². The van der Waals surface area contributed by atoms with Gasteiger partial charge in [0.05, 0.1) is 24.3 Å².